The largest absolute Gasteiger partial charge is 0.365 e. The van der Waals surface area contributed by atoms with Gasteiger partial charge in [-0.2, -0.15) is 4.37 Å². The molecule has 9 heteroatoms. The molecular formula is C14H15ClN4O2S2. The van der Waals surface area contributed by atoms with Crippen LogP contribution in [0.25, 0.3) is 0 Å². The maximum absolute atomic E-state index is 11.7. The molecule has 4 N–H and O–H groups in total. The first-order valence-electron chi connectivity index (χ1n) is 6.62. The Balaban J connectivity index is 2.23. The highest BCUT2D eigenvalue weighted by Gasteiger charge is 2.22. The first-order valence-corrected chi connectivity index (χ1v) is 8.65. The molecule has 0 aliphatic rings. The summed E-state index contributed by atoms with van der Waals surface area (Å²) in [6, 6.07) is 7.02. The number of anilines is 1. The summed E-state index contributed by atoms with van der Waals surface area (Å²) in [5.74, 6) is -0.629. The number of nitrogens with zero attached hydrogens (tertiary/aromatic N) is 1. The highest BCUT2D eigenvalue weighted by molar-refractivity contribution is 7.99. The number of hydrogen-bond acceptors (Lipinski definition) is 5. The minimum absolute atomic E-state index is 0.0420. The highest BCUT2D eigenvalue weighted by atomic mass is 35.5. The average molecular weight is 371 g/mol. The van der Waals surface area contributed by atoms with Crippen molar-refractivity contribution < 1.29 is 9.59 Å². The Hall–Kier alpha value is -1.77. The Morgan fingerprint density at radius 2 is 2.00 bits per heavy atom. The van der Waals surface area contributed by atoms with E-state index in [9.17, 15) is 9.59 Å². The molecule has 1 aromatic carbocycles. The van der Waals surface area contributed by atoms with Crippen LogP contribution in [0, 0.1) is 0 Å². The van der Waals surface area contributed by atoms with Crippen molar-refractivity contribution in [2.24, 2.45) is 5.73 Å². The number of carbonyl (C=O) groups excluding carboxylic acids is 2. The van der Waals surface area contributed by atoms with Gasteiger partial charge in [-0.3, -0.25) is 10.1 Å². The second kappa shape index (κ2) is 7.67. The minimum atomic E-state index is -0.629. The Kier molecular flexibility index (Phi) is 5.86. The molecule has 1 aromatic heterocycles. The molecule has 1 unspecified atom stereocenters. The number of carbonyl (C=O) groups is 2. The number of thioether (sulfide) groups is 1. The molecular weight excluding hydrogens is 356 g/mol. The predicted molar refractivity (Wildman–Crippen MR) is 94.4 cm³/mol. The molecule has 122 valence electrons. The highest BCUT2D eigenvalue weighted by Crippen LogP contribution is 2.39. The van der Waals surface area contributed by atoms with E-state index in [1.54, 1.807) is 0 Å². The topological polar surface area (TPSA) is 97.1 Å². The van der Waals surface area contributed by atoms with Crippen LogP contribution in [0.4, 0.5) is 9.80 Å². The van der Waals surface area contributed by atoms with Crippen LogP contribution in [0.3, 0.4) is 0 Å². The van der Waals surface area contributed by atoms with Crippen LogP contribution >= 0.6 is 34.9 Å². The van der Waals surface area contributed by atoms with Gasteiger partial charge in [0.05, 0.1) is 0 Å². The number of rotatable bonds is 5. The SMILES string of the molecule is CNC(=O)Nc1snc(SC(C)c2ccc(Cl)cc2)c1C(N)=O. The third-order valence-corrected chi connectivity index (χ3v) is 5.26. The number of halogens is 1. The molecule has 23 heavy (non-hydrogen) atoms. The van der Waals surface area contributed by atoms with Gasteiger partial charge in [0.1, 0.15) is 15.6 Å². The summed E-state index contributed by atoms with van der Waals surface area (Å²) < 4.78 is 4.24. The second-order valence-electron chi connectivity index (χ2n) is 4.57. The molecule has 0 saturated carbocycles. The number of nitrogens with one attached hydrogen (secondary N) is 2. The molecule has 3 amide bonds. The lowest BCUT2D eigenvalue weighted by Gasteiger charge is -2.11. The molecule has 0 bridgehead atoms. The Labute approximate surface area is 147 Å². The zero-order valence-corrected chi connectivity index (χ0v) is 14.8. The predicted octanol–water partition coefficient (Wildman–Crippen LogP) is 3.50. The summed E-state index contributed by atoms with van der Waals surface area (Å²) in [4.78, 5) is 23.1. The average Bonchev–Trinajstić information content (AvgIpc) is 2.90. The maximum atomic E-state index is 11.7. The van der Waals surface area contributed by atoms with E-state index in [1.807, 2.05) is 31.2 Å². The number of primary amides is 1. The van der Waals surface area contributed by atoms with Crippen molar-refractivity contribution in [1.82, 2.24) is 9.69 Å². The van der Waals surface area contributed by atoms with Gasteiger partial charge in [-0.05, 0) is 36.2 Å². The van der Waals surface area contributed by atoms with E-state index in [0.29, 0.717) is 15.0 Å². The summed E-state index contributed by atoms with van der Waals surface area (Å²) in [7, 11) is 1.48. The van der Waals surface area contributed by atoms with Crippen molar-refractivity contribution in [3.8, 4) is 0 Å². The van der Waals surface area contributed by atoms with Gasteiger partial charge in [0.2, 0.25) is 0 Å². The number of aromatic nitrogens is 1. The van der Waals surface area contributed by atoms with Crippen LogP contribution < -0.4 is 16.4 Å². The smallest absolute Gasteiger partial charge is 0.319 e. The molecule has 0 saturated heterocycles. The van der Waals surface area contributed by atoms with Crippen LogP contribution in [-0.4, -0.2) is 23.4 Å². The van der Waals surface area contributed by atoms with Crippen molar-refractivity contribution in [1.29, 1.82) is 0 Å². The Morgan fingerprint density at radius 1 is 1.35 bits per heavy atom. The fraction of sp³-hybridized carbons (Fsp3) is 0.214. The third-order valence-electron chi connectivity index (χ3n) is 2.99. The van der Waals surface area contributed by atoms with Gasteiger partial charge < -0.3 is 11.1 Å². The number of hydrogen-bond donors (Lipinski definition) is 3. The first kappa shape index (κ1) is 17.6. The molecule has 2 rings (SSSR count). The van der Waals surface area contributed by atoms with Gasteiger partial charge in [0, 0.05) is 17.3 Å². The summed E-state index contributed by atoms with van der Waals surface area (Å²) in [5.41, 5.74) is 6.71. The van der Waals surface area contributed by atoms with Crippen LogP contribution in [-0.2, 0) is 0 Å². The summed E-state index contributed by atoms with van der Waals surface area (Å²) in [6.45, 7) is 1.99. The summed E-state index contributed by atoms with van der Waals surface area (Å²) in [5, 5.41) is 6.51. The zero-order valence-electron chi connectivity index (χ0n) is 12.4. The van der Waals surface area contributed by atoms with Gasteiger partial charge in [0.15, 0.2) is 0 Å². The lowest BCUT2D eigenvalue weighted by Crippen LogP contribution is -2.25. The van der Waals surface area contributed by atoms with Gasteiger partial charge in [0.25, 0.3) is 5.91 Å². The van der Waals surface area contributed by atoms with Crippen molar-refractivity contribution in [3.05, 3.63) is 40.4 Å². The van der Waals surface area contributed by atoms with E-state index in [-0.39, 0.29) is 10.8 Å². The normalized spacial score (nSPS) is 11.8. The molecule has 0 spiro atoms. The van der Waals surface area contributed by atoms with Crippen molar-refractivity contribution in [2.75, 3.05) is 12.4 Å². The molecule has 0 fully saturated rings. The summed E-state index contributed by atoms with van der Waals surface area (Å²) >= 11 is 8.30. The molecule has 0 aliphatic heterocycles. The number of nitrogens with two attached hydrogens (primary N) is 1. The van der Waals surface area contributed by atoms with E-state index in [2.05, 4.69) is 15.0 Å². The maximum Gasteiger partial charge on any atom is 0.319 e. The van der Waals surface area contributed by atoms with Gasteiger partial charge in [-0.15, -0.1) is 0 Å². The quantitative estimate of drug-likeness (QED) is 0.701. The second-order valence-corrected chi connectivity index (χ2v) is 7.11. The Morgan fingerprint density at radius 3 is 2.57 bits per heavy atom. The lowest BCUT2D eigenvalue weighted by molar-refractivity contribution is 0.0998. The lowest BCUT2D eigenvalue weighted by atomic mass is 10.2. The molecule has 0 radical (unpaired) electrons. The van der Waals surface area contributed by atoms with E-state index in [1.165, 1.54) is 18.8 Å². The summed E-state index contributed by atoms with van der Waals surface area (Å²) in [6.07, 6.45) is 0. The third kappa shape index (κ3) is 4.37. The van der Waals surface area contributed by atoms with E-state index in [4.69, 9.17) is 17.3 Å². The number of benzene rings is 1. The monoisotopic (exact) mass is 370 g/mol. The van der Waals surface area contributed by atoms with Gasteiger partial charge in [-0.25, -0.2) is 4.79 Å². The van der Waals surface area contributed by atoms with Crippen LogP contribution in [0.15, 0.2) is 29.3 Å². The zero-order chi connectivity index (χ0) is 17.0. The standard InChI is InChI=1S/C14H15ClN4O2S2/c1-7(8-3-5-9(15)6-4-8)22-13-10(11(16)20)12(23-19-13)18-14(21)17-2/h3-7H,1-2H3,(H2,16,20)(H2,17,18,21). The van der Waals surface area contributed by atoms with Crippen molar-refractivity contribution in [3.63, 3.8) is 0 Å². The van der Waals surface area contributed by atoms with Crippen molar-refractivity contribution in [2.45, 2.75) is 17.2 Å². The fourth-order valence-electron chi connectivity index (χ4n) is 1.79. The molecule has 2 aromatic rings. The Bertz CT molecular complexity index is 718. The van der Waals surface area contributed by atoms with Gasteiger partial charge in [-0.1, -0.05) is 35.5 Å². The van der Waals surface area contributed by atoms with E-state index in [0.717, 1.165) is 17.1 Å². The first-order chi connectivity index (χ1) is 10.9. The van der Waals surface area contributed by atoms with Crippen LogP contribution in [0.2, 0.25) is 5.02 Å². The van der Waals surface area contributed by atoms with Crippen LogP contribution in [0.1, 0.15) is 28.1 Å². The molecule has 1 atom stereocenters. The van der Waals surface area contributed by atoms with Crippen LogP contribution in [0.5, 0.6) is 0 Å². The molecule has 6 nitrogen and oxygen atoms in total. The minimum Gasteiger partial charge on any atom is -0.365 e. The van der Waals surface area contributed by atoms with Gasteiger partial charge >= 0.3 is 6.03 Å². The van der Waals surface area contributed by atoms with Crippen molar-refractivity contribution >= 4 is 51.8 Å². The van der Waals surface area contributed by atoms with E-state index >= 15 is 0 Å². The molecule has 1 heterocycles. The fourth-order valence-corrected chi connectivity index (χ4v) is 3.91. The van der Waals surface area contributed by atoms with E-state index < -0.39 is 11.9 Å². The molecule has 0 aliphatic carbocycles. The number of amides is 3. The number of urea groups is 1.